The van der Waals surface area contributed by atoms with Crippen molar-refractivity contribution in [3.8, 4) is 11.5 Å². The number of rotatable bonds is 9. The lowest BCUT2D eigenvalue weighted by atomic mass is 10.2. The zero-order valence-electron chi connectivity index (χ0n) is 17.1. The molecule has 0 aliphatic rings. The molecule has 0 radical (unpaired) electrons. The van der Waals surface area contributed by atoms with E-state index in [-0.39, 0.29) is 5.82 Å². The van der Waals surface area contributed by atoms with Crippen LogP contribution in [-0.2, 0) is 19.7 Å². The highest BCUT2D eigenvalue weighted by atomic mass is 79.9. The lowest BCUT2D eigenvalue weighted by Gasteiger charge is -2.16. The Morgan fingerprint density at radius 1 is 1.00 bits per heavy atom. The van der Waals surface area contributed by atoms with Crippen molar-refractivity contribution in [2.75, 3.05) is 6.61 Å². The van der Waals surface area contributed by atoms with Crippen LogP contribution in [0, 0.1) is 5.82 Å². The predicted octanol–water partition coefficient (Wildman–Crippen LogP) is 5.73. The molecule has 5 nitrogen and oxygen atoms in total. The van der Waals surface area contributed by atoms with Gasteiger partial charge in [-0.1, -0.05) is 24.3 Å². The molecule has 0 saturated carbocycles. The van der Waals surface area contributed by atoms with Crippen LogP contribution in [0.15, 0.2) is 65.1 Å². The first-order chi connectivity index (χ1) is 15.1. The quantitative estimate of drug-likeness (QED) is 0.319. The van der Waals surface area contributed by atoms with Crippen LogP contribution in [0.1, 0.15) is 23.9 Å². The number of H-pyrrole nitrogens is 1. The molecule has 160 valence electrons. The van der Waals surface area contributed by atoms with Gasteiger partial charge in [0.2, 0.25) is 0 Å². The predicted molar refractivity (Wildman–Crippen MR) is 123 cm³/mol. The van der Waals surface area contributed by atoms with Crippen LogP contribution < -0.4 is 14.8 Å². The molecule has 0 amide bonds. The fraction of sp³-hybridized carbons (Fsp3) is 0.208. The van der Waals surface area contributed by atoms with Crippen LogP contribution >= 0.6 is 15.9 Å². The maximum Gasteiger partial charge on any atom is 0.175 e. The number of imidazole rings is 1. The third-order valence-electron chi connectivity index (χ3n) is 4.73. The van der Waals surface area contributed by atoms with Crippen molar-refractivity contribution in [3.63, 3.8) is 0 Å². The second-order valence-corrected chi connectivity index (χ2v) is 7.91. The summed E-state index contributed by atoms with van der Waals surface area (Å²) in [5, 5.41) is 3.41. The molecule has 0 spiro atoms. The summed E-state index contributed by atoms with van der Waals surface area (Å²) in [4.78, 5) is 7.90. The van der Waals surface area contributed by atoms with E-state index in [0.29, 0.717) is 37.8 Å². The lowest BCUT2D eigenvalue weighted by Crippen LogP contribution is -2.14. The molecule has 0 unspecified atom stereocenters. The Bertz CT molecular complexity index is 1130. The van der Waals surface area contributed by atoms with Crippen LogP contribution in [0.2, 0.25) is 0 Å². The normalized spacial score (nSPS) is 11.1. The second kappa shape index (κ2) is 9.94. The first-order valence-corrected chi connectivity index (χ1v) is 10.9. The number of aromatic nitrogens is 2. The summed E-state index contributed by atoms with van der Waals surface area (Å²) in [6.45, 7) is 4.05. The molecular formula is C24H23BrFN3O2. The zero-order valence-corrected chi connectivity index (χ0v) is 18.7. The average Bonchev–Trinajstić information content (AvgIpc) is 3.17. The number of para-hydroxylation sites is 2. The van der Waals surface area contributed by atoms with Crippen LogP contribution in [0.3, 0.4) is 0 Å². The molecule has 3 aromatic carbocycles. The second-order valence-electron chi connectivity index (χ2n) is 7.06. The van der Waals surface area contributed by atoms with Gasteiger partial charge in [-0.2, -0.15) is 0 Å². The van der Waals surface area contributed by atoms with Crippen molar-refractivity contribution < 1.29 is 13.9 Å². The van der Waals surface area contributed by atoms with Gasteiger partial charge in [-0.05, 0) is 70.4 Å². The highest BCUT2D eigenvalue weighted by Gasteiger charge is 2.13. The number of fused-ring (bicyclic) bond motifs is 1. The van der Waals surface area contributed by atoms with E-state index in [9.17, 15) is 4.39 Å². The zero-order chi connectivity index (χ0) is 21.6. The molecule has 0 saturated heterocycles. The summed E-state index contributed by atoms with van der Waals surface area (Å²) < 4.78 is 25.7. The summed E-state index contributed by atoms with van der Waals surface area (Å²) in [7, 11) is 0. The monoisotopic (exact) mass is 483 g/mol. The summed E-state index contributed by atoms with van der Waals surface area (Å²) in [5.41, 5.74) is 3.93. The van der Waals surface area contributed by atoms with E-state index < -0.39 is 0 Å². The van der Waals surface area contributed by atoms with Gasteiger partial charge < -0.3 is 19.8 Å². The highest BCUT2D eigenvalue weighted by molar-refractivity contribution is 9.10. The standard InChI is InChI=1S/C24H23BrFN3O2/c1-2-30-22-12-17(13-27-14-23-28-20-5-3-4-6-21(20)29-23)11-19(25)24(22)31-15-16-7-9-18(26)10-8-16/h3-12,27H,2,13-15H2,1H3,(H,28,29). The van der Waals surface area contributed by atoms with Gasteiger partial charge in [0, 0.05) is 6.54 Å². The van der Waals surface area contributed by atoms with Gasteiger partial charge in [0.15, 0.2) is 11.5 Å². The molecule has 2 N–H and O–H groups in total. The molecular weight excluding hydrogens is 461 g/mol. The summed E-state index contributed by atoms with van der Waals surface area (Å²) in [5.74, 6) is 1.93. The minimum atomic E-state index is -0.264. The number of hydrogen-bond acceptors (Lipinski definition) is 4. The lowest BCUT2D eigenvalue weighted by molar-refractivity contribution is 0.267. The topological polar surface area (TPSA) is 59.2 Å². The SMILES string of the molecule is CCOc1cc(CNCc2nc3ccccc3[nH]2)cc(Br)c1OCc1ccc(F)cc1. The number of nitrogens with one attached hydrogen (secondary N) is 2. The van der Waals surface area contributed by atoms with E-state index in [1.807, 2.05) is 43.3 Å². The summed E-state index contributed by atoms with van der Waals surface area (Å²) in [6.07, 6.45) is 0. The van der Waals surface area contributed by atoms with E-state index >= 15 is 0 Å². The van der Waals surface area contributed by atoms with E-state index in [2.05, 4.69) is 31.2 Å². The van der Waals surface area contributed by atoms with E-state index in [1.165, 1.54) is 12.1 Å². The van der Waals surface area contributed by atoms with Crippen molar-refractivity contribution in [2.24, 2.45) is 0 Å². The third kappa shape index (κ3) is 5.42. The minimum absolute atomic E-state index is 0.264. The molecule has 7 heteroatoms. The molecule has 1 aromatic heterocycles. The Morgan fingerprint density at radius 2 is 1.81 bits per heavy atom. The summed E-state index contributed by atoms with van der Waals surface area (Å²) >= 11 is 3.60. The Balaban J connectivity index is 1.42. The van der Waals surface area contributed by atoms with Crippen LogP contribution in [0.25, 0.3) is 11.0 Å². The average molecular weight is 484 g/mol. The Morgan fingerprint density at radius 3 is 2.58 bits per heavy atom. The highest BCUT2D eigenvalue weighted by Crippen LogP contribution is 2.37. The molecule has 31 heavy (non-hydrogen) atoms. The van der Waals surface area contributed by atoms with E-state index in [4.69, 9.17) is 9.47 Å². The molecule has 0 aliphatic carbocycles. The minimum Gasteiger partial charge on any atom is -0.490 e. The molecule has 0 aliphatic heterocycles. The Kier molecular flexibility index (Phi) is 6.84. The number of benzene rings is 3. The molecule has 1 heterocycles. The first-order valence-electron chi connectivity index (χ1n) is 10.1. The molecule has 0 bridgehead atoms. The number of aromatic amines is 1. The van der Waals surface area contributed by atoms with Crippen molar-refractivity contribution >= 4 is 27.0 Å². The van der Waals surface area contributed by atoms with Crippen LogP contribution in [0.4, 0.5) is 4.39 Å². The largest absolute Gasteiger partial charge is 0.490 e. The number of ether oxygens (including phenoxy) is 2. The molecule has 4 aromatic rings. The fourth-order valence-corrected chi connectivity index (χ4v) is 3.88. The van der Waals surface area contributed by atoms with Crippen LogP contribution in [-0.4, -0.2) is 16.6 Å². The van der Waals surface area contributed by atoms with Gasteiger partial charge in [0.05, 0.1) is 28.7 Å². The fourth-order valence-electron chi connectivity index (χ4n) is 3.28. The molecule has 0 fully saturated rings. The van der Waals surface area contributed by atoms with Gasteiger partial charge in [0.25, 0.3) is 0 Å². The number of nitrogens with zero attached hydrogens (tertiary/aromatic N) is 1. The van der Waals surface area contributed by atoms with E-state index in [0.717, 1.165) is 32.5 Å². The maximum absolute atomic E-state index is 13.1. The van der Waals surface area contributed by atoms with Gasteiger partial charge in [0.1, 0.15) is 18.2 Å². The van der Waals surface area contributed by atoms with Crippen LogP contribution in [0.5, 0.6) is 11.5 Å². The maximum atomic E-state index is 13.1. The molecule has 4 rings (SSSR count). The first kappa shape index (κ1) is 21.3. The Labute approximate surface area is 188 Å². The smallest absolute Gasteiger partial charge is 0.175 e. The van der Waals surface area contributed by atoms with Crippen molar-refractivity contribution in [3.05, 3.63) is 87.9 Å². The van der Waals surface area contributed by atoms with Crippen molar-refractivity contribution in [1.82, 2.24) is 15.3 Å². The summed E-state index contributed by atoms with van der Waals surface area (Å²) in [6, 6.07) is 18.2. The van der Waals surface area contributed by atoms with Crippen molar-refractivity contribution in [1.29, 1.82) is 0 Å². The van der Waals surface area contributed by atoms with Gasteiger partial charge >= 0.3 is 0 Å². The van der Waals surface area contributed by atoms with Gasteiger partial charge in [-0.25, -0.2) is 9.37 Å². The number of hydrogen-bond donors (Lipinski definition) is 2. The third-order valence-corrected chi connectivity index (χ3v) is 5.31. The molecule has 0 atom stereocenters. The van der Waals surface area contributed by atoms with E-state index in [1.54, 1.807) is 12.1 Å². The Hall–Kier alpha value is -2.90. The number of halogens is 2. The van der Waals surface area contributed by atoms with Gasteiger partial charge in [-0.3, -0.25) is 0 Å². The van der Waals surface area contributed by atoms with Crippen molar-refractivity contribution in [2.45, 2.75) is 26.6 Å². The van der Waals surface area contributed by atoms with Gasteiger partial charge in [-0.15, -0.1) is 0 Å².